The lowest BCUT2D eigenvalue weighted by Gasteiger charge is -2.25. The van der Waals surface area contributed by atoms with Gasteiger partial charge in [0.25, 0.3) is 5.56 Å². The molecular formula is C28H30N2O6S2. The number of nitrogens with zero attached hydrogens (tertiary/aromatic N) is 2. The van der Waals surface area contributed by atoms with Crippen molar-refractivity contribution < 1.29 is 23.7 Å². The Morgan fingerprint density at radius 1 is 1.08 bits per heavy atom. The molecule has 1 aromatic heterocycles. The van der Waals surface area contributed by atoms with Crippen molar-refractivity contribution in [2.75, 3.05) is 27.6 Å². The zero-order chi connectivity index (χ0) is 27.6. The monoisotopic (exact) mass is 554 g/mol. The number of hydrogen-bond donors (Lipinski definition) is 0. The van der Waals surface area contributed by atoms with Crippen LogP contribution in [0.5, 0.6) is 17.2 Å². The molecule has 0 radical (unpaired) electrons. The third kappa shape index (κ3) is 5.23. The van der Waals surface area contributed by atoms with Crippen molar-refractivity contribution >= 4 is 35.1 Å². The van der Waals surface area contributed by atoms with Gasteiger partial charge in [0, 0.05) is 4.90 Å². The summed E-state index contributed by atoms with van der Waals surface area (Å²) in [6.45, 7) is 5.36. The molecule has 3 aromatic rings. The van der Waals surface area contributed by atoms with Gasteiger partial charge < -0.3 is 18.9 Å². The Labute approximate surface area is 229 Å². The van der Waals surface area contributed by atoms with Crippen molar-refractivity contribution in [1.82, 2.24) is 4.57 Å². The summed E-state index contributed by atoms with van der Waals surface area (Å²) in [6, 6.07) is 10.7. The number of benzene rings is 2. The van der Waals surface area contributed by atoms with E-state index >= 15 is 0 Å². The van der Waals surface area contributed by atoms with E-state index in [1.165, 1.54) is 32.7 Å². The molecule has 0 saturated carbocycles. The topological polar surface area (TPSA) is 88.4 Å². The number of carbonyl (C=O) groups is 1. The molecule has 1 aliphatic rings. The van der Waals surface area contributed by atoms with E-state index in [4.69, 9.17) is 18.9 Å². The van der Waals surface area contributed by atoms with Gasteiger partial charge in [-0.15, -0.1) is 11.8 Å². The lowest BCUT2D eigenvalue weighted by atomic mass is 9.96. The largest absolute Gasteiger partial charge is 0.493 e. The summed E-state index contributed by atoms with van der Waals surface area (Å²) in [5.74, 6) is 0.935. The number of ether oxygens (including phenoxy) is 4. The van der Waals surface area contributed by atoms with Crippen molar-refractivity contribution in [3.05, 3.63) is 78.5 Å². The lowest BCUT2D eigenvalue weighted by molar-refractivity contribution is -0.143. The maximum Gasteiger partial charge on any atom is 0.338 e. The molecule has 1 aliphatic heterocycles. The first-order chi connectivity index (χ1) is 18.2. The molecule has 200 valence electrons. The molecule has 2 heterocycles. The summed E-state index contributed by atoms with van der Waals surface area (Å²) in [6.07, 6.45) is 3.44. The Balaban J connectivity index is 1.93. The van der Waals surface area contributed by atoms with Crippen LogP contribution >= 0.6 is 23.1 Å². The van der Waals surface area contributed by atoms with Crippen molar-refractivity contribution in [2.45, 2.75) is 37.8 Å². The Hall–Kier alpha value is -3.50. The molecule has 8 nitrogen and oxygen atoms in total. The number of esters is 1. The van der Waals surface area contributed by atoms with Gasteiger partial charge in [-0.2, -0.15) is 0 Å². The van der Waals surface area contributed by atoms with Gasteiger partial charge in [0.05, 0.1) is 49.3 Å². The van der Waals surface area contributed by atoms with E-state index in [0.717, 1.165) is 10.5 Å². The SMILES string of the molecule is COc1cc(/C=c2\sc3n(c2=O)[C@@H](c2ccc(SC)cc2)C(C(=O)OC(C)C)=C(C)N=3)cc(OC)c1OC. The third-order valence-electron chi connectivity index (χ3n) is 6.00. The Morgan fingerprint density at radius 2 is 1.71 bits per heavy atom. The number of allylic oxidation sites excluding steroid dienone is 1. The van der Waals surface area contributed by atoms with Gasteiger partial charge in [-0.1, -0.05) is 23.5 Å². The van der Waals surface area contributed by atoms with Crippen LogP contribution in [0.4, 0.5) is 0 Å². The first kappa shape index (κ1) is 27.5. The molecule has 2 aromatic carbocycles. The second-order valence-electron chi connectivity index (χ2n) is 8.77. The smallest absolute Gasteiger partial charge is 0.338 e. The average molecular weight is 555 g/mol. The van der Waals surface area contributed by atoms with Crippen LogP contribution < -0.4 is 29.1 Å². The standard InChI is InChI=1S/C28H30N2O6S2/c1-15(2)36-27(32)23-16(3)29-28-30(24(23)18-8-10-19(37-7)11-9-18)26(31)22(38-28)14-17-12-20(33-4)25(35-6)21(13-17)34-5/h8-15,24H,1-7H3/b22-14-/t24-/m0/s1. The molecule has 1 atom stereocenters. The van der Waals surface area contributed by atoms with E-state index in [1.54, 1.807) is 55.3 Å². The summed E-state index contributed by atoms with van der Waals surface area (Å²) < 4.78 is 23.9. The number of thioether (sulfide) groups is 1. The first-order valence-corrected chi connectivity index (χ1v) is 13.9. The van der Waals surface area contributed by atoms with Crippen LogP contribution in [-0.4, -0.2) is 44.2 Å². The summed E-state index contributed by atoms with van der Waals surface area (Å²) >= 11 is 2.88. The highest BCUT2D eigenvalue weighted by Gasteiger charge is 2.33. The van der Waals surface area contributed by atoms with Gasteiger partial charge in [0.1, 0.15) is 0 Å². The fraction of sp³-hybridized carbons (Fsp3) is 0.321. The molecule has 4 rings (SSSR count). The van der Waals surface area contributed by atoms with E-state index in [0.29, 0.717) is 43.4 Å². The normalized spacial score (nSPS) is 15.3. The third-order valence-corrected chi connectivity index (χ3v) is 7.73. The van der Waals surface area contributed by atoms with E-state index < -0.39 is 12.0 Å². The van der Waals surface area contributed by atoms with Gasteiger partial charge in [0.15, 0.2) is 16.3 Å². The van der Waals surface area contributed by atoms with E-state index in [9.17, 15) is 9.59 Å². The van der Waals surface area contributed by atoms with Gasteiger partial charge >= 0.3 is 5.97 Å². The first-order valence-electron chi connectivity index (χ1n) is 11.9. The highest BCUT2D eigenvalue weighted by molar-refractivity contribution is 7.98. The summed E-state index contributed by atoms with van der Waals surface area (Å²) in [4.78, 5) is 33.3. The number of thiazole rings is 1. The fourth-order valence-electron chi connectivity index (χ4n) is 4.30. The minimum absolute atomic E-state index is 0.260. The average Bonchev–Trinajstić information content (AvgIpc) is 3.20. The zero-order valence-corrected chi connectivity index (χ0v) is 24.0. The second-order valence-corrected chi connectivity index (χ2v) is 10.7. The molecule has 0 aliphatic carbocycles. The van der Waals surface area contributed by atoms with E-state index in [-0.39, 0.29) is 11.7 Å². The Bertz CT molecular complexity index is 1540. The molecule has 0 spiro atoms. The zero-order valence-electron chi connectivity index (χ0n) is 22.4. The second kappa shape index (κ2) is 11.5. The number of fused-ring (bicyclic) bond motifs is 1. The van der Waals surface area contributed by atoms with Crippen LogP contribution in [0.25, 0.3) is 6.08 Å². The molecule has 10 heteroatoms. The number of rotatable bonds is 8. The van der Waals surface area contributed by atoms with Crippen LogP contribution in [0.15, 0.2) is 62.4 Å². The van der Waals surface area contributed by atoms with E-state index in [2.05, 4.69) is 4.99 Å². The predicted octanol–water partition coefficient (Wildman–Crippen LogP) is 3.93. The minimum atomic E-state index is -0.671. The summed E-state index contributed by atoms with van der Waals surface area (Å²) in [5.41, 5.74) is 2.11. The number of aromatic nitrogens is 1. The van der Waals surface area contributed by atoms with Crippen LogP contribution in [0.2, 0.25) is 0 Å². The molecule has 0 saturated heterocycles. The molecule has 0 bridgehead atoms. The van der Waals surface area contributed by atoms with Crippen LogP contribution in [0.3, 0.4) is 0 Å². The predicted molar refractivity (Wildman–Crippen MR) is 149 cm³/mol. The highest BCUT2D eigenvalue weighted by Crippen LogP contribution is 2.38. The molecule has 0 unspecified atom stereocenters. The number of hydrogen-bond acceptors (Lipinski definition) is 9. The maximum atomic E-state index is 13.9. The highest BCUT2D eigenvalue weighted by atomic mass is 32.2. The van der Waals surface area contributed by atoms with E-state index in [1.807, 2.05) is 30.5 Å². The van der Waals surface area contributed by atoms with Crippen LogP contribution in [-0.2, 0) is 9.53 Å². The van der Waals surface area contributed by atoms with Crippen molar-refractivity contribution in [2.24, 2.45) is 4.99 Å². The van der Waals surface area contributed by atoms with Gasteiger partial charge in [-0.05, 0) is 68.5 Å². The van der Waals surface area contributed by atoms with Crippen molar-refractivity contribution in [3.63, 3.8) is 0 Å². The number of methoxy groups -OCH3 is 3. The molecule has 38 heavy (non-hydrogen) atoms. The van der Waals surface area contributed by atoms with Gasteiger partial charge in [0.2, 0.25) is 5.75 Å². The van der Waals surface area contributed by atoms with Crippen LogP contribution in [0, 0.1) is 0 Å². The molecule has 0 fully saturated rings. The van der Waals surface area contributed by atoms with Crippen molar-refractivity contribution in [1.29, 1.82) is 0 Å². The molecule has 0 N–H and O–H groups in total. The summed E-state index contributed by atoms with van der Waals surface area (Å²) in [5, 5.41) is 0. The van der Waals surface area contributed by atoms with Crippen LogP contribution in [0.1, 0.15) is 37.9 Å². The van der Waals surface area contributed by atoms with Gasteiger partial charge in [-0.25, -0.2) is 9.79 Å². The Morgan fingerprint density at radius 3 is 2.24 bits per heavy atom. The quantitative estimate of drug-likeness (QED) is 0.308. The molecular weight excluding hydrogens is 524 g/mol. The minimum Gasteiger partial charge on any atom is -0.493 e. The maximum absolute atomic E-state index is 13.9. The summed E-state index contributed by atoms with van der Waals surface area (Å²) in [7, 11) is 4.61. The lowest BCUT2D eigenvalue weighted by Crippen LogP contribution is -2.40. The fourth-order valence-corrected chi connectivity index (χ4v) is 5.75. The van der Waals surface area contributed by atoms with Crippen molar-refractivity contribution in [3.8, 4) is 17.2 Å². The molecule has 0 amide bonds. The Kier molecular flexibility index (Phi) is 8.32. The van der Waals surface area contributed by atoms with Gasteiger partial charge in [-0.3, -0.25) is 9.36 Å². The number of carbonyl (C=O) groups excluding carboxylic acids is 1.